The molecule has 0 radical (unpaired) electrons. The molecule has 3 rings (SSSR count). The van der Waals surface area contributed by atoms with Gasteiger partial charge in [-0.25, -0.2) is 4.98 Å². The minimum atomic E-state index is -0.286. The van der Waals surface area contributed by atoms with E-state index >= 15 is 0 Å². The highest BCUT2D eigenvalue weighted by Gasteiger charge is 2.27. The van der Waals surface area contributed by atoms with Crippen molar-refractivity contribution in [1.82, 2.24) is 10.3 Å². The summed E-state index contributed by atoms with van der Waals surface area (Å²) < 4.78 is 10.9. The summed E-state index contributed by atoms with van der Waals surface area (Å²) in [5, 5.41) is 2.88. The van der Waals surface area contributed by atoms with Gasteiger partial charge in [0.15, 0.2) is 12.3 Å². The highest BCUT2D eigenvalue weighted by atomic mass is 16.5. The van der Waals surface area contributed by atoms with Crippen molar-refractivity contribution in [2.75, 3.05) is 11.5 Å². The van der Waals surface area contributed by atoms with E-state index in [1.165, 1.54) is 6.26 Å². The van der Waals surface area contributed by atoms with E-state index in [4.69, 9.17) is 9.15 Å². The molecule has 7 heteroatoms. The molecule has 0 bridgehead atoms. The largest absolute Gasteiger partial charge is 0.482 e. The van der Waals surface area contributed by atoms with Gasteiger partial charge in [0.25, 0.3) is 11.8 Å². The molecule has 0 saturated heterocycles. The summed E-state index contributed by atoms with van der Waals surface area (Å²) in [6.45, 7) is 8.06. The summed E-state index contributed by atoms with van der Waals surface area (Å²) in [5.41, 5.74) is 1.90. The van der Waals surface area contributed by atoms with Gasteiger partial charge < -0.3 is 14.5 Å². The Morgan fingerprint density at radius 2 is 2.12 bits per heavy atom. The number of aromatic nitrogens is 1. The highest BCUT2D eigenvalue weighted by Crippen LogP contribution is 2.33. The molecule has 1 aliphatic rings. The van der Waals surface area contributed by atoms with E-state index in [1.54, 1.807) is 4.90 Å². The predicted octanol–water partition coefficient (Wildman–Crippen LogP) is 2.68. The molecule has 1 aromatic carbocycles. The van der Waals surface area contributed by atoms with Crippen LogP contribution in [0.5, 0.6) is 5.75 Å². The fourth-order valence-corrected chi connectivity index (χ4v) is 2.56. The lowest BCUT2D eigenvalue weighted by Crippen LogP contribution is -2.38. The highest BCUT2D eigenvalue weighted by molar-refractivity contribution is 5.97. The maximum Gasteiger partial charge on any atom is 0.273 e. The Labute approximate surface area is 152 Å². The van der Waals surface area contributed by atoms with Gasteiger partial charge in [-0.15, -0.1) is 0 Å². The normalized spacial score (nSPS) is 14.8. The van der Waals surface area contributed by atoms with Gasteiger partial charge in [-0.3, -0.25) is 14.5 Å². The van der Waals surface area contributed by atoms with Crippen LogP contribution in [0.4, 0.5) is 5.69 Å². The van der Waals surface area contributed by atoms with E-state index in [9.17, 15) is 9.59 Å². The molecular formula is C19H23N3O4. The number of fused-ring (bicyclic) bond motifs is 1. The van der Waals surface area contributed by atoms with Crippen molar-refractivity contribution in [3.8, 4) is 5.75 Å². The fourth-order valence-electron chi connectivity index (χ4n) is 2.56. The minimum Gasteiger partial charge on any atom is -0.482 e. The van der Waals surface area contributed by atoms with Crippen LogP contribution in [-0.4, -0.2) is 29.4 Å². The molecule has 2 aromatic rings. The predicted molar refractivity (Wildman–Crippen MR) is 96.1 cm³/mol. The van der Waals surface area contributed by atoms with Gasteiger partial charge in [-0.05, 0) is 37.5 Å². The van der Waals surface area contributed by atoms with Crippen molar-refractivity contribution in [2.45, 2.75) is 40.3 Å². The average Bonchev–Trinajstić information content (AvgIpc) is 3.06. The van der Waals surface area contributed by atoms with Crippen molar-refractivity contribution in [3.05, 3.63) is 41.6 Å². The quantitative estimate of drug-likeness (QED) is 0.889. The maximum atomic E-state index is 12.3. The number of hydrogen-bond donors (Lipinski definition) is 1. The number of rotatable bonds is 5. The number of hydrogen-bond acceptors (Lipinski definition) is 5. The molecule has 2 amide bonds. The number of carbonyl (C=O) groups excluding carboxylic acids is 2. The number of nitrogens with zero attached hydrogens (tertiary/aromatic N) is 2. The molecule has 0 fully saturated rings. The van der Waals surface area contributed by atoms with Crippen LogP contribution in [0.25, 0.3) is 0 Å². The Morgan fingerprint density at radius 3 is 2.85 bits per heavy atom. The molecule has 1 aliphatic heterocycles. The number of carbonyl (C=O) groups is 2. The SMILES string of the molecule is Cc1ccc2c(c1)N(Cc1nc(C(=O)N[C@H](C)C(C)C)co1)C(=O)CO2. The van der Waals surface area contributed by atoms with Crippen LogP contribution < -0.4 is 15.0 Å². The molecule has 26 heavy (non-hydrogen) atoms. The Balaban J connectivity index is 1.76. The summed E-state index contributed by atoms with van der Waals surface area (Å²) in [6, 6.07) is 5.67. The monoisotopic (exact) mass is 357 g/mol. The van der Waals surface area contributed by atoms with Gasteiger partial charge in [0.2, 0.25) is 5.89 Å². The Kier molecular flexibility index (Phi) is 4.97. The number of nitrogens with one attached hydrogen (secondary N) is 1. The van der Waals surface area contributed by atoms with E-state index < -0.39 is 0 Å². The van der Waals surface area contributed by atoms with Crippen molar-refractivity contribution < 1.29 is 18.7 Å². The van der Waals surface area contributed by atoms with Gasteiger partial charge in [0.05, 0.1) is 5.69 Å². The van der Waals surface area contributed by atoms with Crippen LogP contribution in [0.3, 0.4) is 0 Å². The van der Waals surface area contributed by atoms with Gasteiger partial charge in [0.1, 0.15) is 18.6 Å². The van der Waals surface area contributed by atoms with Crippen molar-refractivity contribution >= 4 is 17.5 Å². The lowest BCUT2D eigenvalue weighted by molar-refractivity contribution is -0.121. The van der Waals surface area contributed by atoms with E-state index in [2.05, 4.69) is 10.3 Å². The van der Waals surface area contributed by atoms with E-state index in [0.717, 1.165) is 5.56 Å². The van der Waals surface area contributed by atoms with Gasteiger partial charge in [-0.1, -0.05) is 19.9 Å². The number of aryl methyl sites for hydroxylation is 1. The Hall–Kier alpha value is -2.83. The molecule has 7 nitrogen and oxygen atoms in total. The smallest absolute Gasteiger partial charge is 0.273 e. The lowest BCUT2D eigenvalue weighted by Gasteiger charge is -2.28. The molecule has 1 N–H and O–H groups in total. The summed E-state index contributed by atoms with van der Waals surface area (Å²) >= 11 is 0. The van der Waals surface area contributed by atoms with E-state index in [-0.39, 0.29) is 36.7 Å². The van der Waals surface area contributed by atoms with Gasteiger partial charge in [0, 0.05) is 6.04 Å². The first-order valence-corrected chi connectivity index (χ1v) is 8.64. The molecule has 2 heterocycles. The van der Waals surface area contributed by atoms with E-state index in [1.807, 2.05) is 45.9 Å². The molecule has 0 unspecified atom stereocenters. The third-order valence-corrected chi connectivity index (χ3v) is 4.49. The molecular weight excluding hydrogens is 334 g/mol. The minimum absolute atomic E-state index is 0.0262. The number of ether oxygens (including phenoxy) is 1. The fraction of sp³-hybridized carbons (Fsp3) is 0.421. The lowest BCUT2D eigenvalue weighted by atomic mass is 10.1. The standard InChI is InChI=1S/C19H23N3O4/c1-11(2)13(4)20-19(24)14-9-26-17(21-14)8-22-15-7-12(3)5-6-16(15)25-10-18(22)23/h5-7,9,11,13H,8,10H2,1-4H3,(H,20,24)/t13-/m1/s1. The van der Waals surface area contributed by atoms with Crippen LogP contribution in [0, 0.1) is 12.8 Å². The number of oxazole rings is 1. The molecule has 1 atom stereocenters. The number of anilines is 1. The van der Waals surface area contributed by atoms with Crippen LogP contribution in [-0.2, 0) is 11.3 Å². The van der Waals surface area contributed by atoms with Crippen molar-refractivity contribution in [2.24, 2.45) is 5.92 Å². The molecule has 138 valence electrons. The summed E-state index contributed by atoms with van der Waals surface area (Å²) in [7, 11) is 0. The van der Waals surface area contributed by atoms with Gasteiger partial charge in [-0.2, -0.15) is 0 Å². The van der Waals surface area contributed by atoms with Crippen LogP contribution >= 0.6 is 0 Å². The third-order valence-electron chi connectivity index (χ3n) is 4.49. The molecule has 0 saturated carbocycles. The topological polar surface area (TPSA) is 84.7 Å². The third kappa shape index (κ3) is 3.71. The molecule has 0 aliphatic carbocycles. The first kappa shape index (κ1) is 18.0. The van der Waals surface area contributed by atoms with Gasteiger partial charge >= 0.3 is 0 Å². The Morgan fingerprint density at radius 1 is 1.35 bits per heavy atom. The first-order chi connectivity index (χ1) is 12.3. The zero-order valence-corrected chi connectivity index (χ0v) is 15.4. The second kappa shape index (κ2) is 7.19. The Bertz CT molecular complexity index is 828. The average molecular weight is 357 g/mol. The van der Waals surface area contributed by atoms with Crippen molar-refractivity contribution in [3.63, 3.8) is 0 Å². The zero-order valence-electron chi connectivity index (χ0n) is 15.4. The van der Waals surface area contributed by atoms with Crippen LogP contribution in [0.1, 0.15) is 42.7 Å². The van der Waals surface area contributed by atoms with Crippen molar-refractivity contribution in [1.29, 1.82) is 0 Å². The summed E-state index contributed by atoms with van der Waals surface area (Å²) in [4.78, 5) is 30.3. The zero-order chi connectivity index (χ0) is 18.8. The number of benzene rings is 1. The number of amides is 2. The summed E-state index contributed by atoms with van der Waals surface area (Å²) in [5.74, 6) is 0.794. The second-order valence-corrected chi connectivity index (χ2v) is 6.87. The summed E-state index contributed by atoms with van der Waals surface area (Å²) in [6.07, 6.45) is 1.32. The van der Waals surface area contributed by atoms with Crippen LogP contribution in [0.2, 0.25) is 0 Å². The maximum absolute atomic E-state index is 12.3. The molecule has 1 aromatic heterocycles. The van der Waals surface area contributed by atoms with Crippen LogP contribution in [0.15, 0.2) is 28.9 Å². The van der Waals surface area contributed by atoms with E-state index in [0.29, 0.717) is 23.2 Å². The molecule has 0 spiro atoms. The second-order valence-electron chi connectivity index (χ2n) is 6.87. The first-order valence-electron chi connectivity index (χ1n) is 8.64.